The first-order valence-electron chi connectivity index (χ1n) is 7.40. The first kappa shape index (κ1) is 15.8. The summed E-state index contributed by atoms with van der Waals surface area (Å²) < 4.78 is 12.4. The monoisotopic (exact) mass is 300 g/mol. The molecule has 0 saturated carbocycles. The van der Waals surface area contributed by atoms with Gasteiger partial charge < -0.3 is 9.15 Å². The third-order valence-electron chi connectivity index (χ3n) is 3.10. The van der Waals surface area contributed by atoms with E-state index in [4.69, 9.17) is 9.15 Å². The molecule has 0 amide bonds. The number of hydrogen-bond acceptors (Lipinski definition) is 4. The van der Waals surface area contributed by atoms with Crippen LogP contribution in [0.15, 0.2) is 41.1 Å². The van der Waals surface area contributed by atoms with Crippen molar-refractivity contribution in [2.24, 2.45) is 0 Å². The lowest BCUT2D eigenvalue weighted by Crippen LogP contribution is -2.04. The molecule has 0 N–H and O–H groups in total. The maximum absolute atomic E-state index is 11.8. The lowest BCUT2D eigenvalue weighted by molar-refractivity contribution is 0.0524. The van der Waals surface area contributed by atoms with Gasteiger partial charge in [-0.25, -0.2) is 9.31 Å². The molecule has 0 aromatic carbocycles. The highest BCUT2D eigenvalue weighted by molar-refractivity contribution is 5.92. The molecule has 3 aromatic heterocycles. The maximum atomic E-state index is 11.8. The van der Waals surface area contributed by atoms with E-state index in [2.05, 4.69) is 5.10 Å². The van der Waals surface area contributed by atoms with E-state index in [1.54, 1.807) is 30.6 Å². The highest BCUT2D eigenvalue weighted by atomic mass is 16.5. The highest BCUT2D eigenvalue weighted by Gasteiger charge is 2.17. The van der Waals surface area contributed by atoms with E-state index in [1.165, 1.54) is 0 Å². The van der Waals surface area contributed by atoms with Gasteiger partial charge in [-0.2, -0.15) is 5.10 Å². The molecule has 0 aliphatic heterocycles. The molecular formula is C17H20N2O3. The zero-order valence-corrected chi connectivity index (χ0v) is 13.3. The molecule has 0 radical (unpaired) electrons. The Morgan fingerprint density at radius 1 is 1.32 bits per heavy atom. The normalized spacial score (nSPS) is 10.2. The Morgan fingerprint density at radius 3 is 2.82 bits per heavy atom. The molecule has 0 fully saturated rings. The summed E-state index contributed by atoms with van der Waals surface area (Å²) in [5.41, 5.74) is 2.33. The van der Waals surface area contributed by atoms with Crippen molar-refractivity contribution >= 4 is 11.5 Å². The molecule has 5 heteroatoms. The fourth-order valence-corrected chi connectivity index (χ4v) is 2.11. The fraction of sp³-hybridized carbons (Fsp3) is 0.294. The van der Waals surface area contributed by atoms with E-state index in [9.17, 15) is 4.79 Å². The number of carbonyl (C=O) groups is 1. The van der Waals surface area contributed by atoms with Crippen molar-refractivity contribution in [1.29, 1.82) is 0 Å². The zero-order valence-electron chi connectivity index (χ0n) is 13.3. The second kappa shape index (κ2) is 6.93. The maximum Gasteiger partial charge on any atom is 0.341 e. The number of carbonyl (C=O) groups excluding carboxylic acids is 1. The first-order chi connectivity index (χ1) is 10.7. The number of furan rings is 1. The number of rotatable bonds is 3. The number of aryl methyl sites for hydroxylation is 1. The largest absolute Gasteiger partial charge is 0.462 e. The van der Waals surface area contributed by atoms with Gasteiger partial charge in [0.25, 0.3) is 0 Å². The van der Waals surface area contributed by atoms with Crippen LogP contribution in [-0.4, -0.2) is 22.2 Å². The van der Waals surface area contributed by atoms with Crippen molar-refractivity contribution < 1.29 is 13.9 Å². The Labute approximate surface area is 129 Å². The van der Waals surface area contributed by atoms with Crippen LogP contribution in [0.3, 0.4) is 0 Å². The highest BCUT2D eigenvalue weighted by Crippen LogP contribution is 2.26. The summed E-state index contributed by atoms with van der Waals surface area (Å²) in [6.45, 7) is 7.88. The van der Waals surface area contributed by atoms with Gasteiger partial charge in [0.15, 0.2) is 0 Å². The van der Waals surface area contributed by atoms with Crippen molar-refractivity contribution in [2.75, 3.05) is 6.61 Å². The summed E-state index contributed by atoms with van der Waals surface area (Å²) in [4.78, 5) is 11.8. The van der Waals surface area contributed by atoms with Gasteiger partial charge in [-0.1, -0.05) is 13.8 Å². The predicted molar refractivity (Wildman–Crippen MR) is 84.9 cm³/mol. The van der Waals surface area contributed by atoms with Gasteiger partial charge in [-0.3, -0.25) is 0 Å². The molecule has 0 spiro atoms. The number of ether oxygens (including phenoxy) is 1. The minimum Gasteiger partial charge on any atom is -0.462 e. The van der Waals surface area contributed by atoms with Crippen LogP contribution in [0.5, 0.6) is 0 Å². The summed E-state index contributed by atoms with van der Waals surface area (Å²) >= 11 is 0. The number of nitrogens with zero attached hydrogens (tertiary/aromatic N) is 2. The average molecular weight is 300 g/mol. The van der Waals surface area contributed by atoms with Gasteiger partial charge in [0.05, 0.1) is 12.1 Å². The Kier molecular flexibility index (Phi) is 4.99. The minimum absolute atomic E-state index is 0.348. The smallest absolute Gasteiger partial charge is 0.341 e. The molecule has 22 heavy (non-hydrogen) atoms. The molecule has 3 aromatic rings. The predicted octanol–water partition coefficient (Wildman–Crippen LogP) is 4.11. The second-order valence-electron chi connectivity index (χ2n) is 4.42. The Hall–Kier alpha value is -2.56. The van der Waals surface area contributed by atoms with Crippen molar-refractivity contribution in [3.63, 3.8) is 0 Å². The molecule has 3 heterocycles. The van der Waals surface area contributed by atoms with Crippen LogP contribution in [0.25, 0.3) is 16.8 Å². The van der Waals surface area contributed by atoms with Gasteiger partial charge in [-0.05, 0) is 38.1 Å². The van der Waals surface area contributed by atoms with Crippen LogP contribution in [0.4, 0.5) is 0 Å². The molecule has 0 unspecified atom stereocenters. The fourth-order valence-electron chi connectivity index (χ4n) is 2.11. The van der Waals surface area contributed by atoms with E-state index in [-0.39, 0.29) is 5.97 Å². The third-order valence-corrected chi connectivity index (χ3v) is 3.10. The molecule has 5 nitrogen and oxygen atoms in total. The van der Waals surface area contributed by atoms with Crippen LogP contribution >= 0.6 is 0 Å². The van der Waals surface area contributed by atoms with Gasteiger partial charge in [0.1, 0.15) is 17.1 Å². The minimum atomic E-state index is -0.356. The number of esters is 1. The van der Waals surface area contributed by atoms with Crippen molar-refractivity contribution in [1.82, 2.24) is 9.61 Å². The number of hydrogen-bond donors (Lipinski definition) is 0. The Bertz CT molecular complexity index is 771. The zero-order chi connectivity index (χ0) is 16.1. The molecule has 116 valence electrons. The van der Waals surface area contributed by atoms with Crippen molar-refractivity contribution in [3.05, 3.63) is 48.0 Å². The summed E-state index contributed by atoms with van der Waals surface area (Å²) in [6.07, 6.45) is 3.59. The van der Waals surface area contributed by atoms with Crippen LogP contribution in [0.2, 0.25) is 0 Å². The first-order valence-corrected chi connectivity index (χ1v) is 7.40. The van der Waals surface area contributed by atoms with Crippen molar-refractivity contribution in [3.8, 4) is 11.3 Å². The number of pyridine rings is 1. The average Bonchev–Trinajstić information content (AvgIpc) is 3.15. The molecule has 0 aliphatic carbocycles. The molecule has 0 bridgehead atoms. The van der Waals surface area contributed by atoms with E-state index < -0.39 is 0 Å². The van der Waals surface area contributed by atoms with Crippen LogP contribution < -0.4 is 0 Å². The molecule has 0 aliphatic rings. The standard InChI is InChI=1S/C15H14N2O3.C2H6/c1-3-19-15(18)13-9-14(20-10(13)2)11-5-7-17-12(8-11)4-6-16-17;1-2/h4-9H,3H2,1-2H3;1-2H3. The van der Waals surface area contributed by atoms with E-state index >= 15 is 0 Å². The molecule has 3 rings (SSSR count). The van der Waals surface area contributed by atoms with E-state index in [0.29, 0.717) is 23.7 Å². The number of fused-ring (bicyclic) bond motifs is 1. The molecule has 0 atom stereocenters. The SMILES string of the molecule is CC.CCOC(=O)c1cc(-c2ccn3nccc3c2)oc1C. The lowest BCUT2D eigenvalue weighted by Gasteiger charge is -1.98. The van der Waals surface area contributed by atoms with E-state index in [1.807, 2.05) is 38.2 Å². The van der Waals surface area contributed by atoms with Crippen molar-refractivity contribution in [2.45, 2.75) is 27.7 Å². The quantitative estimate of drug-likeness (QED) is 0.683. The summed E-state index contributed by atoms with van der Waals surface area (Å²) in [5, 5.41) is 4.14. The number of aromatic nitrogens is 2. The van der Waals surface area contributed by atoms with Crippen LogP contribution in [0, 0.1) is 6.92 Å². The second-order valence-corrected chi connectivity index (χ2v) is 4.42. The molecular weight excluding hydrogens is 280 g/mol. The third kappa shape index (κ3) is 3.03. The Morgan fingerprint density at radius 2 is 2.09 bits per heavy atom. The summed E-state index contributed by atoms with van der Waals surface area (Å²) in [6, 6.07) is 7.48. The van der Waals surface area contributed by atoms with Gasteiger partial charge in [0, 0.05) is 18.0 Å². The van der Waals surface area contributed by atoms with Gasteiger partial charge >= 0.3 is 5.97 Å². The summed E-state index contributed by atoms with van der Waals surface area (Å²) in [5.74, 6) is 0.853. The van der Waals surface area contributed by atoms with E-state index in [0.717, 1.165) is 11.1 Å². The lowest BCUT2D eigenvalue weighted by atomic mass is 10.1. The van der Waals surface area contributed by atoms with Gasteiger partial charge in [0.2, 0.25) is 0 Å². The topological polar surface area (TPSA) is 56.7 Å². The van der Waals surface area contributed by atoms with Crippen LogP contribution in [-0.2, 0) is 4.74 Å². The van der Waals surface area contributed by atoms with Crippen LogP contribution in [0.1, 0.15) is 36.9 Å². The molecule has 0 saturated heterocycles. The Balaban J connectivity index is 0.000000847. The van der Waals surface area contributed by atoms with Gasteiger partial charge in [-0.15, -0.1) is 0 Å². The summed E-state index contributed by atoms with van der Waals surface area (Å²) in [7, 11) is 0.